The number of H-pyrrole nitrogens is 1. The van der Waals surface area contributed by atoms with Crippen LogP contribution < -0.4 is 10.3 Å². The molecule has 0 saturated carbocycles. The SMILES string of the molecule is CCc1ccc2[nH]c(=O)c([C@H](c3nnnn3Cc3ccco3)N(Cc3ccccc3)Cc3ccc(OC)cc3)cc2c1. The number of rotatable bonds is 11. The molecule has 1 N–H and O–H groups in total. The topological polar surface area (TPSA) is 102 Å². The van der Waals surface area contributed by atoms with Crippen LogP contribution in [0.3, 0.4) is 0 Å². The summed E-state index contributed by atoms with van der Waals surface area (Å²) in [5, 5.41) is 13.8. The van der Waals surface area contributed by atoms with E-state index in [0.717, 1.165) is 34.2 Å². The zero-order valence-corrected chi connectivity index (χ0v) is 23.6. The van der Waals surface area contributed by atoms with Crippen LogP contribution in [0, 0.1) is 0 Å². The fraction of sp³-hybridized carbons (Fsp3) is 0.212. The number of ether oxygens (including phenoxy) is 1. The molecule has 0 amide bonds. The average Bonchev–Trinajstić information content (AvgIpc) is 3.71. The first-order valence-corrected chi connectivity index (χ1v) is 14.0. The summed E-state index contributed by atoms with van der Waals surface area (Å²) in [5.74, 6) is 2.05. The minimum absolute atomic E-state index is 0.183. The van der Waals surface area contributed by atoms with Gasteiger partial charge < -0.3 is 14.1 Å². The van der Waals surface area contributed by atoms with Crippen LogP contribution in [0.4, 0.5) is 0 Å². The maximum Gasteiger partial charge on any atom is 0.253 e. The fourth-order valence-corrected chi connectivity index (χ4v) is 5.29. The van der Waals surface area contributed by atoms with Crippen molar-refractivity contribution >= 4 is 10.9 Å². The van der Waals surface area contributed by atoms with Gasteiger partial charge in [0, 0.05) is 24.2 Å². The molecule has 6 rings (SSSR count). The lowest BCUT2D eigenvalue weighted by Gasteiger charge is -2.31. The van der Waals surface area contributed by atoms with Crippen molar-refractivity contribution < 1.29 is 9.15 Å². The Morgan fingerprint density at radius 2 is 1.69 bits per heavy atom. The second-order valence-corrected chi connectivity index (χ2v) is 10.2. The lowest BCUT2D eigenvalue weighted by molar-refractivity contribution is 0.193. The first-order chi connectivity index (χ1) is 20.6. The first kappa shape index (κ1) is 27.2. The van der Waals surface area contributed by atoms with E-state index in [-0.39, 0.29) is 5.56 Å². The maximum absolute atomic E-state index is 13.9. The van der Waals surface area contributed by atoms with Gasteiger partial charge in [0.25, 0.3) is 5.56 Å². The lowest BCUT2D eigenvalue weighted by Crippen LogP contribution is -2.35. The minimum Gasteiger partial charge on any atom is -0.497 e. The molecule has 0 aliphatic carbocycles. The van der Waals surface area contributed by atoms with Gasteiger partial charge in [-0.15, -0.1) is 5.10 Å². The molecular formula is C33H32N6O3. The molecule has 0 fully saturated rings. The summed E-state index contributed by atoms with van der Waals surface area (Å²) in [7, 11) is 1.65. The maximum atomic E-state index is 13.9. The number of furan rings is 1. The number of tetrazole rings is 1. The molecule has 0 aliphatic heterocycles. The zero-order chi connectivity index (χ0) is 28.9. The molecule has 6 aromatic rings. The van der Waals surface area contributed by atoms with E-state index in [1.807, 2.05) is 72.8 Å². The minimum atomic E-state index is -0.573. The molecule has 212 valence electrons. The smallest absolute Gasteiger partial charge is 0.253 e. The monoisotopic (exact) mass is 560 g/mol. The third kappa shape index (κ3) is 5.87. The van der Waals surface area contributed by atoms with Crippen molar-refractivity contribution in [2.45, 2.75) is 39.0 Å². The van der Waals surface area contributed by atoms with E-state index in [9.17, 15) is 4.79 Å². The Kier molecular flexibility index (Phi) is 7.91. The molecule has 0 aliphatic rings. The van der Waals surface area contributed by atoms with E-state index < -0.39 is 6.04 Å². The molecular weight excluding hydrogens is 528 g/mol. The molecule has 3 aromatic heterocycles. The first-order valence-electron chi connectivity index (χ1n) is 14.0. The number of benzene rings is 3. The molecule has 0 bridgehead atoms. The second kappa shape index (κ2) is 12.2. The molecule has 0 saturated heterocycles. The molecule has 0 unspecified atom stereocenters. The van der Waals surface area contributed by atoms with Gasteiger partial charge >= 0.3 is 0 Å². The number of fused-ring (bicyclic) bond motifs is 1. The van der Waals surface area contributed by atoms with Crippen LogP contribution in [-0.4, -0.2) is 37.2 Å². The number of aryl methyl sites for hydroxylation is 1. The molecule has 42 heavy (non-hydrogen) atoms. The fourth-order valence-electron chi connectivity index (χ4n) is 5.29. The number of aromatic nitrogens is 5. The highest BCUT2D eigenvalue weighted by Crippen LogP contribution is 2.31. The van der Waals surface area contributed by atoms with Gasteiger partial charge in [-0.25, -0.2) is 4.68 Å². The summed E-state index contributed by atoms with van der Waals surface area (Å²) in [4.78, 5) is 19.2. The Morgan fingerprint density at radius 3 is 2.40 bits per heavy atom. The highest BCUT2D eigenvalue weighted by atomic mass is 16.5. The summed E-state index contributed by atoms with van der Waals surface area (Å²) in [5.41, 5.74) is 4.53. The quantitative estimate of drug-likeness (QED) is 0.223. The van der Waals surface area contributed by atoms with E-state index in [4.69, 9.17) is 9.15 Å². The van der Waals surface area contributed by atoms with Gasteiger partial charge in [-0.1, -0.05) is 55.5 Å². The predicted molar refractivity (Wildman–Crippen MR) is 160 cm³/mol. The molecule has 0 radical (unpaired) electrons. The summed E-state index contributed by atoms with van der Waals surface area (Å²) in [6.45, 7) is 3.54. The number of nitrogens with zero attached hydrogens (tertiary/aromatic N) is 5. The largest absolute Gasteiger partial charge is 0.497 e. The Balaban J connectivity index is 1.52. The van der Waals surface area contributed by atoms with Gasteiger partial charge in [0.2, 0.25) is 0 Å². The van der Waals surface area contributed by atoms with E-state index in [2.05, 4.69) is 50.5 Å². The van der Waals surface area contributed by atoms with Crippen molar-refractivity contribution in [1.29, 1.82) is 0 Å². The number of aromatic amines is 1. The third-order valence-corrected chi connectivity index (χ3v) is 7.47. The number of methoxy groups -OCH3 is 1. The van der Waals surface area contributed by atoms with Crippen LogP contribution >= 0.6 is 0 Å². The normalized spacial score (nSPS) is 12.2. The van der Waals surface area contributed by atoms with Crippen LogP contribution in [0.5, 0.6) is 5.75 Å². The van der Waals surface area contributed by atoms with E-state index in [1.54, 1.807) is 18.1 Å². The van der Waals surface area contributed by atoms with Crippen molar-refractivity contribution in [2.75, 3.05) is 7.11 Å². The Labute approximate surface area is 243 Å². The summed E-state index contributed by atoms with van der Waals surface area (Å²) >= 11 is 0. The third-order valence-electron chi connectivity index (χ3n) is 7.47. The number of hydrogen-bond donors (Lipinski definition) is 1. The predicted octanol–water partition coefficient (Wildman–Crippen LogP) is 5.52. The highest BCUT2D eigenvalue weighted by Gasteiger charge is 2.31. The van der Waals surface area contributed by atoms with Crippen LogP contribution in [0.1, 0.15) is 46.8 Å². The van der Waals surface area contributed by atoms with Gasteiger partial charge in [-0.3, -0.25) is 9.69 Å². The molecule has 0 spiro atoms. The molecule has 9 heteroatoms. The summed E-state index contributed by atoms with van der Waals surface area (Å²) in [6.07, 6.45) is 2.52. The lowest BCUT2D eigenvalue weighted by atomic mass is 10.00. The Bertz CT molecular complexity index is 1810. The van der Waals surface area contributed by atoms with Gasteiger partial charge in [0.05, 0.1) is 13.4 Å². The van der Waals surface area contributed by atoms with Gasteiger partial charge in [0.15, 0.2) is 5.82 Å². The van der Waals surface area contributed by atoms with Crippen molar-refractivity contribution in [3.8, 4) is 5.75 Å². The van der Waals surface area contributed by atoms with Crippen LogP contribution in [0.2, 0.25) is 0 Å². The second-order valence-electron chi connectivity index (χ2n) is 10.2. The Hall–Kier alpha value is -5.02. The van der Waals surface area contributed by atoms with Crippen LogP contribution in [0.15, 0.2) is 106 Å². The van der Waals surface area contributed by atoms with Crippen molar-refractivity contribution in [2.24, 2.45) is 0 Å². The van der Waals surface area contributed by atoms with E-state index in [1.165, 1.54) is 5.56 Å². The summed E-state index contributed by atoms with van der Waals surface area (Å²) in [6, 6.07) is 29.4. The van der Waals surface area contributed by atoms with E-state index >= 15 is 0 Å². The number of hydrogen-bond acceptors (Lipinski definition) is 7. The zero-order valence-electron chi connectivity index (χ0n) is 23.6. The Morgan fingerprint density at radius 1 is 0.929 bits per heavy atom. The standard InChI is InChI=1S/C33H32N6O3/c1-3-23-13-16-30-26(18-23)19-29(33(40)34-30)31(32-35-36-37-39(32)22-28-10-7-17-42-28)38(20-24-8-5-4-6-9-24)21-25-11-14-27(41-2)15-12-25/h4-19,31H,3,20-22H2,1-2H3,(H,34,40)/t31-/m1/s1. The van der Waals surface area contributed by atoms with Crippen molar-refractivity contribution in [1.82, 2.24) is 30.1 Å². The van der Waals surface area contributed by atoms with Crippen molar-refractivity contribution in [3.63, 3.8) is 0 Å². The number of pyridine rings is 1. The van der Waals surface area contributed by atoms with Gasteiger partial charge in [-0.2, -0.15) is 0 Å². The molecule has 3 heterocycles. The molecule has 9 nitrogen and oxygen atoms in total. The van der Waals surface area contributed by atoms with Gasteiger partial charge in [-0.05, 0) is 81.4 Å². The van der Waals surface area contributed by atoms with Gasteiger partial charge in [0.1, 0.15) is 24.1 Å². The van der Waals surface area contributed by atoms with Crippen LogP contribution in [0.25, 0.3) is 10.9 Å². The molecule has 3 aromatic carbocycles. The summed E-state index contributed by atoms with van der Waals surface area (Å²) < 4.78 is 12.7. The van der Waals surface area contributed by atoms with Crippen molar-refractivity contribution in [3.05, 3.63) is 141 Å². The molecule has 1 atom stereocenters. The number of nitrogens with one attached hydrogen (secondary N) is 1. The average molecular weight is 561 g/mol. The van der Waals surface area contributed by atoms with E-state index in [0.29, 0.717) is 36.8 Å². The highest BCUT2D eigenvalue weighted by molar-refractivity contribution is 5.80. The van der Waals surface area contributed by atoms with Crippen LogP contribution in [-0.2, 0) is 26.1 Å².